The fraction of sp³-hybridized carbons (Fsp3) is 0.133. The highest BCUT2D eigenvalue weighted by atomic mass is 32.2. The number of carbonyl (C=O) groups excluding carboxylic acids is 3. The van der Waals surface area contributed by atoms with E-state index in [1.165, 1.54) is 23.5 Å². The van der Waals surface area contributed by atoms with Crippen LogP contribution in [0.5, 0.6) is 0 Å². The summed E-state index contributed by atoms with van der Waals surface area (Å²) < 4.78 is 3.93. The first-order chi connectivity index (χ1) is 26.3. The largest absolute Gasteiger partial charge is 0.435 e. The molecule has 0 aliphatic heterocycles. The van der Waals surface area contributed by atoms with Crippen LogP contribution in [-0.2, 0) is 23.8 Å². The summed E-state index contributed by atoms with van der Waals surface area (Å²) in [5, 5.41) is 2.82. The summed E-state index contributed by atoms with van der Waals surface area (Å²) >= 11 is 2.93. The van der Waals surface area contributed by atoms with Crippen molar-refractivity contribution in [2.45, 2.75) is 21.6 Å². The van der Waals surface area contributed by atoms with Gasteiger partial charge in [-0.3, -0.25) is 9.59 Å². The zero-order chi connectivity index (χ0) is 37.8. The molecule has 0 heterocycles. The molecule has 0 fully saturated rings. The van der Waals surface area contributed by atoms with Crippen LogP contribution in [0.25, 0.3) is 0 Å². The molecule has 0 saturated carbocycles. The molecule has 9 heteroatoms. The van der Waals surface area contributed by atoms with E-state index in [0.29, 0.717) is 0 Å². The second-order valence-electron chi connectivity index (χ2n) is 12.6. The molecule has 272 valence electrons. The molecule has 2 atom stereocenters. The molecule has 0 radical (unpaired) electrons. The molecule has 0 bridgehead atoms. The highest BCUT2D eigenvalue weighted by Gasteiger charge is 2.41. The third-order valence-corrected chi connectivity index (χ3v) is 12.5. The van der Waals surface area contributed by atoms with Crippen LogP contribution in [0.2, 0.25) is 0 Å². The molecule has 7 nitrogen and oxygen atoms in total. The Kier molecular flexibility index (Phi) is 12.5. The molecule has 6 rings (SSSR count). The highest BCUT2D eigenvalue weighted by Crippen LogP contribution is 2.50. The van der Waals surface area contributed by atoms with E-state index < -0.39 is 39.5 Å². The molecule has 0 spiro atoms. The lowest BCUT2D eigenvalue weighted by Crippen LogP contribution is -2.52. The van der Waals surface area contributed by atoms with Crippen molar-refractivity contribution in [1.82, 2.24) is 5.32 Å². The standard InChI is InChI=1S/C45H41N3O4S2/c46-41(49)39(31-53-44(33-19-7-1-8-20-33,34-21-9-2-10-22-34)35-23-11-3-12-24-35)48-42(50)40(52-43(47)51)32-54-45(36-25-13-4-14-26-36,37-27-15-5-16-28-37)38-29-17-6-18-30-38/h1-30,39-40H,31-32H2,(H2,46,49)(H2,47,51)(H,48,50)/t39-,40-/m1/s1. The first-order valence-corrected chi connectivity index (χ1v) is 19.5. The van der Waals surface area contributed by atoms with Gasteiger partial charge in [-0.1, -0.05) is 182 Å². The van der Waals surface area contributed by atoms with Crippen molar-refractivity contribution in [2.24, 2.45) is 11.5 Å². The Morgan fingerprint density at radius 3 is 1.02 bits per heavy atom. The Hall–Kier alpha value is -5.77. The predicted octanol–water partition coefficient (Wildman–Crippen LogP) is 7.87. The van der Waals surface area contributed by atoms with Gasteiger partial charge in [-0.2, -0.15) is 0 Å². The lowest BCUT2D eigenvalue weighted by atomic mass is 9.84. The zero-order valence-electron chi connectivity index (χ0n) is 29.5. The number of benzene rings is 6. The van der Waals surface area contributed by atoms with Crippen LogP contribution < -0.4 is 16.8 Å². The monoisotopic (exact) mass is 751 g/mol. The minimum atomic E-state index is -1.35. The summed E-state index contributed by atoms with van der Waals surface area (Å²) in [5.41, 5.74) is 17.4. The smallest absolute Gasteiger partial charge is 0.405 e. The van der Waals surface area contributed by atoms with Crippen molar-refractivity contribution >= 4 is 41.4 Å². The van der Waals surface area contributed by atoms with E-state index in [0.717, 1.165) is 33.4 Å². The molecule has 0 unspecified atom stereocenters. The molecule has 3 amide bonds. The second kappa shape index (κ2) is 17.8. The SMILES string of the molecule is NC(=O)O[C@H](CSC(c1ccccc1)(c1ccccc1)c1ccccc1)C(=O)N[C@H](CSC(c1ccccc1)(c1ccccc1)c1ccccc1)C(N)=O. The van der Waals surface area contributed by atoms with Gasteiger partial charge in [-0.15, -0.1) is 23.5 Å². The van der Waals surface area contributed by atoms with Crippen molar-refractivity contribution in [1.29, 1.82) is 0 Å². The van der Waals surface area contributed by atoms with E-state index in [1.54, 1.807) is 0 Å². The third-order valence-electron chi connectivity index (χ3n) is 9.21. The number of hydrogen-bond donors (Lipinski definition) is 3. The first-order valence-electron chi connectivity index (χ1n) is 17.5. The molecule has 0 saturated heterocycles. The number of rotatable bonds is 16. The van der Waals surface area contributed by atoms with Gasteiger partial charge in [-0.25, -0.2) is 4.79 Å². The number of nitrogens with one attached hydrogen (secondary N) is 1. The molecule has 0 aliphatic rings. The van der Waals surface area contributed by atoms with E-state index in [1.807, 2.05) is 146 Å². The summed E-state index contributed by atoms with van der Waals surface area (Å²) in [7, 11) is 0. The Bertz CT molecular complexity index is 1910. The van der Waals surface area contributed by atoms with E-state index >= 15 is 0 Å². The lowest BCUT2D eigenvalue weighted by molar-refractivity contribution is -0.131. The minimum absolute atomic E-state index is 0.00800. The Morgan fingerprint density at radius 1 is 0.481 bits per heavy atom. The van der Waals surface area contributed by atoms with Crippen molar-refractivity contribution in [3.8, 4) is 0 Å². The average molecular weight is 752 g/mol. The molecular formula is C45H41N3O4S2. The number of hydrogen-bond acceptors (Lipinski definition) is 6. The Balaban J connectivity index is 1.32. The van der Waals surface area contributed by atoms with Gasteiger partial charge in [0.2, 0.25) is 5.91 Å². The van der Waals surface area contributed by atoms with Crippen LogP contribution in [0, 0.1) is 0 Å². The van der Waals surface area contributed by atoms with Gasteiger partial charge in [0, 0.05) is 11.5 Å². The quantitative estimate of drug-likeness (QED) is 0.0866. The van der Waals surface area contributed by atoms with Crippen molar-refractivity contribution in [2.75, 3.05) is 11.5 Å². The van der Waals surface area contributed by atoms with Crippen molar-refractivity contribution in [3.05, 3.63) is 215 Å². The molecule has 6 aromatic rings. The van der Waals surface area contributed by atoms with Crippen LogP contribution in [0.1, 0.15) is 33.4 Å². The van der Waals surface area contributed by atoms with E-state index in [-0.39, 0.29) is 11.5 Å². The summed E-state index contributed by atoms with van der Waals surface area (Å²) in [6, 6.07) is 58.8. The fourth-order valence-electron chi connectivity index (χ4n) is 6.71. The molecule has 0 aliphatic carbocycles. The zero-order valence-corrected chi connectivity index (χ0v) is 31.1. The van der Waals surface area contributed by atoms with E-state index in [4.69, 9.17) is 16.2 Å². The van der Waals surface area contributed by atoms with Crippen LogP contribution >= 0.6 is 23.5 Å². The van der Waals surface area contributed by atoms with Gasteiger partial charge in [0.05, 0.1) is 9.49 Å². The van der Waals surface area contributed by atoms with Gasteiger partial charge in [0.15, 0.2) is 6.10 Å². The van der Waals surface area contributed by atoms with Gasteiger partial charge >= 0.3 is 6.09 Å². The molecule has 0 aromatic heterocycles. The number of amides is 3. The van der Waals surface area contributed by atoms with Crippen molar-refractivity contribution < 1.29 is 19.1 Å². The molecular weight excluding hydrogens is 711 g/mol. The summed E-state index contributed by atoms with van der Waals surface area (Å²) in [4.78, 5) is 39.6. The fourth-order valence-corrected chi connectivity index (χ4v) is 9.81. The molecule has 54 heavy (non-hydrogen) atoms. The predicted molar refractivity (Wildman–Crippen MR) is 219 cm³/mol. The van der Waals surface area contributed by atoms with Crippen LogP contribution in [0.3, 0.4) is 0 Å². The Morgan fingerprint density at radius 2 is 0.759 bits per heavy atom. The normalized spacial score (nSPS) is 12.6. The second-order valence-corrected chi connectivity index (χ2v) is 15.0. The number of thioether (sulfide) groups is 2. The average Bonchev–Trinajstić information content (AvgIpc) is 3.22. The molecule has 6 aromatic carbocycles. The van der Waals surface area contributed by atoms with Gasteiger partial charge < -0.3 is 21.5 Å². The van der Waals surface area contributed by atoms with Crippen LogP contribution in [-0.4, -0.2) is 41.6 Å². The van der Waals surface area contributed by atoms with Gasteiger partial charge in [-0.05, 0) is 33.4 Å². The number of carbonyl (C=O) groups is 3. The number of primary amides is 2. The maximum Gasteiger partial charge on any atom is 0.405 e. The van der Waals surface area contributed by atoms with Crippen LogP contribution in [0.4, 0.5) is 4.79 Å². The molecule has 5 N–H and O–H groups in total. The topological polar surface area (TPSA) is 125 Å². The summed E-state index contributed by atoms with van der Waals surface area (Å²) in [6.07, 6.45) is -2.46. The van der Waals surface area contributed by atoms with E-state index in [2.05, 4.69) is 41.7 Å². The summed E-state index contributed by atoms with van der Waals surface area (Å²) in [5.74, 6) is -1.29. The van der Waals surface area contributed by atoms with Gasteiger partial charge in [0.25, 0.3) is 5.91 Å². The maximum absolute atomic E-state index is 14.2. The van der Waals surface area contributed by atoms with Crippen LogP contribution in [0.15, 0.2) is 182 Å². The maximum atomic E-state index is 14.2. The van der Waals surface area contributed by atoms with Crippen molar-refractivity contribution in [3.63, 3.8) is 0 Å². The highest BCUT2D eigenvalue weighted by molar-refractivity contribution is 8.01. The number of ether oxygens (including phenoxy) is 1. The Labute approximate surface area is 324 Å². The lowest BCUT2D eigenvalue weighted by Gasteiger charge is -2.37. The third kappa shape index (κ3) is 8.38. The summed E-state index contributed by atoms with van der Waals surface area (Å²) in [6.45, 7) is 0. The first kappa shape index (κ1) is 38.0. The minimum Gasteiger partial charge on any atom is -0.435 e. The number of nitrogens with two attached hydrogens (primary N) is 2. The van der Waals surface area contributed by atoms with Gasteiger partial charge in [0.1, 0.15) is 6.04 Å². The van der Waals surface area contributed by atoms with E-state index in [9.17, 15) is 14.4 Å².